The Morgan fingerprint density at radius 2 is 1.60 bits per heavy atom. The Labute approximate surface area is 214 Å². The highest BCUT2D eigenvalue weighted by Crippen LogP contribution is 2.43. The summed E-state index contributed by atoms with van der Waals surface area (Å²) in [5, 5.41) is 0. The van der Waals surface area contributed by atoms with E-state index in [1.807, 2.05) is 54.9 Å². The summed E-state index contributed by atoms with van der Waals surface area (Å²) in [6.45, 7) is 1.95. The summed E-state index contributed by atoms with van der Waals surface area (Å²) in [7, 11) is 1.70. The second kappa shape index (κ2) is 10.9. The number of methoxy groups -OCH3 is 1. The molecule has 0 saturated carbocycles. The molecule has 0 fully saturated rings. The Morgan fingerprint density at radius 1 is 0.829 bits per heavy atom. The molecule has 5 rings (SSSR count). The quantitative estimate of drug-likeness (QED) is 0.229. The lowest BCUT2D eigenvalue weighted by molar-refractivity contribution is 0.284. The molecule has 0 aliphatic heterocycles. The smallest absolute Gasteiger partial charge is 0.162 e. The Kier molecular flexibility index (Phi) is 7.24. The number of halogens is 1. The van der Waals surface area contributed by atoms with Gasteiger partial charge in [-0.1, -0.05) is 58.4 Å². The number of fused-ring (bicyclic) bond motifs is 1. The second-order valence-corrected chi connectivity index (χ2v) is 9.47. The number of aromatic nitrogens is 1. The maximum Gasteiger partial charge on any atom is 0.162 e. The number of benzene rings is 3. The summed E-state index contributed by atoms with van der Waals surface area (Å²) in [5.41, 5.74) is 5.90. The van der Waals surface area contributed by atoms with Crippen molar-refractivity contribution in [1.29, 1.82) is 0 Å². The van der Waals surface area contributed by atoms with E-state index < -0.39 is 0 Å². The normalized spacial score (nSPS) is 12.9. The van der Waals surface area contributed by atoms with Gasteiger partial charge in [0, 0.05) is 16.9 Å². The molecule has 0 radical (unpaired) electrons. The van der Waals surface area contributed by atoms with Crippen LogP contribution in [0.15, 0.2) is 95.7 Å². The molecule has 35 heavy (non-hydrogen) atoms. The van der Waals surface area contributed by atoms with E-state index >= 15 is 0 Å². The van der Waals surface area contributed by atoms with Crippen molar-refractivity contribution < 1.29 is 14.2 Å². The fourth-order valence-electron chi connectivity index (χ4n) is 4.38. The number of nitrogens with zero attached hydrogens (tertiary/aromatic N) is 1. The van der Waals surface area contributed by atoms with E-state index in [0.29, 0.717) is 13.2 Å². The predicted octanol–water partition coefficient (Wildman–Crippen LogP) is 7.26. The summed E-state index contributed by atoms with van der Waals surface area (Å²) < 4.78 is 21.2. The van der Waals surface area contributed by atoms with Gasteiger partial charge >= 0.3 is 0 Å². The molecule has 1 aliphatic carbocycles. The molecule has 4 aromatic rings. The van der Waals surface area contributed by atoms with Crippen molar-refractivity contribution in [2.75, 3.05) is 13.7 Å². The van der Waals surface area contributed by atoms with Crippen molar-refractivity contribution >= 4 is 21.5 Å². The predicted molar refractivity (Wildman–Crippen MR) is 143 cm³/mol. The third-order valence-electron chi connectivity index (χ3n) is 6.21. The van der Waals surface area contributed by atoms with Crippen LogP contribution < -0.4 is 14.2 Å². The minimum atomic E-state index is 0.491. The molecule has 0 N–H and O–H groups in total. The van der Waals surface area contributed by atoms with E-state index in [2.05, 4.69) is 56.9 Å². The number of aryl methyl sites for hydroxylation is 1. The number of ether oxygens (including phenoxy) is 3. The highest BCUT2D eigenvalue weighted by molar-refractivity contribution is 9.11. The maximum absolute atomic E-state index is 6.21. The van der Waals surface area contributed by atoms with E-state index in [9.17, 15) is 0 Å². The van der Waals surface area contributed by atoms with Crippen LogP contribution in [0.5, 0.6) is 17.2 Å². The number of hydrogen-bond acceptors (Lipinski definition) is 3. The SMILES string of the molecule is COc1cc2c(cc1OCc1ccccc1)C(c1ccc(OCCn3cccc3)cc1)=C(Br)CC2. The molecule has 5 heteroatoms. The minimum Gasteiger partial charge on any atom is -0.493 e. The van der Waals surface area contributed by atoms with E-state index in [0.717, 1.165) is 47.8 Å². The average Bonchev–Trinajstić information content (AvgIpc) is 3.42. The zero-order chi connectivity index (χ0) is 24.0. The van der Waals surface area contributed by atoms with Gasteiger partial charge in [0.25, 0.3) is 0 Å². The van der Waals surface area contributed by atoms with Gasteiger partial charge in [-0.15, -0.1) is 0 Å². The van der Waals surface area contributed by atoms with Crippen LogP contribution >= 0.6 is 15.9 Å². The molecule has 0 amide bonds. The molecular formula is C30H28BrNO3. The van der Waals surface area contributed by atoms with E-state index in [1.165, 1.54) is 21.2 Å². The Morgan fingerprint density at radius 3 is 2.34 bits per heavy atom. The summed E-state index contributed by atoms with van der Waals surface area (Å²) >= 11 is 3.85. The third-order valence-corrected chi connectivity index (χ3v) is 7.00. The van der Waals surface area contributed by atoms with Crippen LogP contribution in [0.3, 0.4) is 0 Å². The van der Waals surface area contributed by atoms with Crippen molar-refractivity contribution in [3.8, 4) is 17.2 Å². The summed E-state index contributed by atoms with van der Waals surface area (Å²) in [4.78, 5) is 0. The first-order valence-electron chi connectivity index (χ1n) is 11.8. The van der Waals surface area contributed by atoms with Crippen LogP contribution in [-0.2, 0) is 19.6 Å². The molecule has 3 aromatic carbocycles. The van der Waals surface area contributed by atoms with Crippen molar-refractivity contribution in [2.24, 2.45) is 0 Å². The van der Waals surface area contributed by atoms with Crippen molar-refractivity contribution in [1.82, 2.24) is 4.57 Å². The van der Waals surface area contributed by atoms with Gasteiger partial charge in [-0.25, -0.2) is 0 Å². The number of allylic oxidation sites excluding steroid dienone is 1. The molecule has 0 unspecified atom stereocenters. The standard InChI is InChI=1S/C30H28BrNO3/c1-33-28-19-24-11-14-27(31)30(26(24)20-29(28)35-21-22-7-3-2-4-8-22)23-9-12-25(13-10-23)34-18-17-32-15-5-6-16-32/h2-10,12-13,15-16,19-20H,11,14,17-18,21H2,1H3. The van der Waals surface area contributed by atoms with Gasteiger partial charge in [0.1, 0.15) is 19.0 Å². The number of rotatable bonds is 9. The first-order valence-corrected chi connectivity index (χ1v) is 12.6. The zero-order valence-corrected chi connectivity index (χ0v) is 21.3. The van der Waals surface area contributed by atoms with Gasteiger partial charge in [-0.2, -0.15) is 0 Å². The molecular weight excluding hydrogens is 502 g/mol. The van der Waals surface area contributed by atoms with Gasteiger partial charge in [0.15, 0.2) is 11.5 Å². The Balaban J connectivity index is 1.37. The molecule has 0 saturated heterocycles. The van der Waals surface area contributed by atoms with Crippen molar-refractivity contribution in [2.45, 2.75) is 26.0 Å². The van der Waals surface area contributed by atoms with Crippen molar-refractivity contribution in [3.63, 3.8) is 0 Å². The minimum absolute atomic E-state index is 0.491. The highest BCUT2D eigenvalue weighted by Gasteiger charge is 2.22. The van der Waals surface area contributed by atoms with Gasteiger partial charge in [-0.05, 0) is 77.1 Å². The molecule has 0 spiro atoms. The van der Waals surface area contributed by atoms with Gasteiger partial charge in [0.2, 0.25) is 0 Å². The highest BCUT2D eigenvalue weighted by atomic mass is 79.9. The third kappa shape index (κ3) is 5.46. The lowest BCUT2D eigenvalue weighted by atomic mass is 9.86. The first kappa shape index (κ1) is 23.3. The second-order valence-electron chi connectivity index (χ2n) is 8.51. The lowest BCUT2D eigenvalue weighted by Crippen LogP contribution is -2.07. The van der Waals surface area contributed by atoms with E-state index in [1.54, 1.807) is 7.11 Å². The van der Waals surface area contributed by atoms with Gasteiger partial charge in [-0.3, -0.25) is 0 Å². The van der Waals surface area contributed by atoms with Crippen LogP contribution in [0.2, 0.25) is 0 Å². The van der Waals surface area contributed by atoms with Crippen LogP contribution in [-0.4, -0.2) is 18.3 Å². The fraction of sp³-hybridized carbons (Fsp3) is 0.200. The Hall–Kier alpha value is -3.44. The Bertz CT molecular complexity index is 1300. The van der Waals surface area contributed by atoms with E-state index in [-0.39, 0.29) is 0 Å². The topological polar surface area (TPSA) is 32.6 Å². The molecule has 1 heterocycles. The largest absolute Gasteiger partial charge is 0.493 e. The molecule has 4 nitrogen and oxygen atoms in total. The van der Waals surface area contributed by atoms with Crippen LogP contribution in [0.1, 0.15) is 28.7 Å². The summed E-state index contributed by atoms with van der Waals surface area (Å²) in [6, 6.07) is 26.8. The lowest BCUT2D eigenvalue weighted by Gasteiger charge is -2.23. The maximum atomic E-state index is 6.21. The van der Waals surface area contributed by atoms with Crippen LogP contribution in [0.25, 0.3) is 5.57 Å². The molecule has 1 aliphatic rings. The fourth-order valence-corrected chi connectivity index (χ4v) is 5.02. The molecule has 178 valence electrons. The first-order chi connectivity index (χ1) is 17.2. The average molecular weight is 530 g/mol. The zero-order valence-electron chi connectivity index (χ0n) is 19.7. The van der Waals surface area contributed by atoms with E-state index in [4.69, 9.17) is 14.2 Å². The van der Waals surface area contributed by atoms with Crippen LogP contribution in [0.4, 0.5) is 0 Å². The number of hydrogen-bond donors (Lipinski definition) is 0. The van der Waals surface area contributed by atoms with Crippen LogP contribution in [0, 0.1) is 0 Å². The van der Waals surface area contributed by atoms with Gasteiger partial charge in [0.05, 0.1) is 13.7 Å². The molecule has 0 bridgehead atoms. The van der Waals surface area contributed by atoms with Gasteiger partial charge < -0.3 is 18.8 Å². The molecule has 0 atom stereocenters. The summed E-state index contributed by atoms with van der Waals surface area (Å²) in [5.74, 6) is 2.39. The monoisotopic (exact) mass is 529 g/mol. The molecule has 1 aromatic heterocycles. The van der Waals surface area contributed by atoms with Crippen molar-refractivity contribution in [3.05, 3.63) is 118 Å². The summed E-state index contributed by atoms with van der Waals surface area (Å²) in [6.07, 6.45) is 5.99.